The third kappa shape index (κ3) is 4.03. The molecule has 2 rings (SSSR count). The molecule has 0 saturated carbocycles. The highest BCUT2D eigenvalue weighted by Gasteiger charge is 2.03. The zero-order chi connectivity index (χ0) is 13.7. The number of ether oxygens (including phenoxy) is 1. The molecule has 0 aromatic carbocycles. The minimum absolute atomic E-state index is 0.190. The van der Waals surface area contributed by atoms with Crippen LogP contribution in [-0.4, -0.2) is 16.0 Å². The van der Waals surface area contributed by atoms with E-state index in [1.54, 1.807) is 6.20 Å². The second kappa shape index (κ2) is 6.29. The van der Waals surface area contributed by atoms with E-state index >= 15 is 0 Å². The lowest BCUT2D eigenvalue weighted by Crippen LogP contribution is -2.21. The van der Waals surface area contributed by atoms with Crippen molar-refractivity contribution in [2.45, 2.75) is 32.7 Å². The first-order valence-electron chi connectivity index (χ1n) is 6.48. The number of hydrogen-bond donors (Lipinski definition) is 1. The molecule has 100 valence electrons. The maximum absolute atomic E-state index is 5.91. The summed E-state index contributed by atoms with van der Waals surface area (Å²) in [5, 5.41) is 0. The van der Waals surface area contributed by atoms with E-state index in [1.807, 2.05) is 37.4 Å². The predicted molar refractivity (Wildman–Crippen MR) is 75.3 cm³/mol. The van der Waals surface area contributed by atoms with Crippen LogP contribution in [0.1, 0.15) is 24.6 Å². The third-order valence-electron chi connectivity index (χ3n) is 2.93. The molecular formula is C15H19N3O. The van der Waals surface area contributed by atoms with E-state index in [0.29, 0.717) is 11.6 Å². The van der Waals surface area contributed by atoms with Crippen LogP contribution in [0.5, 0.6) is 11.6 Å². The van der Waals surface area contributed by atoms with Gasteiger partial charge >= 0.3 is 0 Å². The van der Waals surface area contributed by atoms with Crippen molar-refractivity contribution in [3.8, 4) is 11.6 Å². The molecular weight excluding hydrogens is 238 g/mol. The van der Waals surface area contributed by atoms with Gasteiger partial charge in [-0.1, -0.05) is 13.0 Å². The SMILES string of the molecule is CCC(N)Cc1ccc(Oc2ccc(C)nc2)nc1. The molecule has 2 N–H and O–H groups in total. The van der Waals surface area contributed by atoms with Crippen LogP contribution in [0.2, 0.25) is 0 Å². The average Bonchev–Trinajstić information content (AvgIpc) is 2.43. The van der Waals surface area contributed by atoms with Gasteiger partial charge < -0.3 is 10.5 Å². The van der Waals surface area contributed by atoms with Crippen molar-refractivity contribution < 1.29 is 4.74 Å². The lowest BCUT2D eigenvalue weighted by molar-refractivity contribution is 0.460. The van der Waals surface area contributed by atoms with Gasteiger partial charge in [-0.25, -0.2) is 4.98 Å². The van der Waals surface area contributed by atoms with Crippen molar-refractivity contribution in [1.82, 2.24) is 9.97 Å². The number of nitrogens with zero attached hydrogens (tertiary/aromatic N) is 2. The molecule has 0 aliphatic carbocycles. The lowest BCUT2D eigenvalue weighted by Gasteiger charge is -2.09. The minimum atomic E-state index is 0.190. The Morgan fingerprint density at radius 3 is 2.58 bits per heavy atom. The summed E-state index contributed by atoms with van der Waals surface area (Å²) in [6.07, 6.45) is 5.31. The standard InChI is InChI=1S/C15H19N3O/c1-3-13(16)8-12-5-7-15(18-9-12)19-14-6-4-11(2)17-10-14/h4-7,9-10,13H,3,8,16H2,1-2H3. The van der Waals surface area contributed by atoms with E-state index in [2.05, 4.69) is 16.9 Å². The molecule has 2 aromatic rings. The van der Waals surface area contributed by atoms with Gasteiger partial charge in [0.25, 0.3) is 0 Å². The van der Waals surface area contributed by atoms with Crippen LogP contribution in [0.15, 0.2) is 36.7 Å². The van der Waals surface area contributed by atoms with Crippen molar-refractivity contribution in [1.29, 1.82) is 0 Å². The quantitative estimate of drug-likeness (QED) is 0.894. The summed E-state index contributed by atoms with van der Waals surface area (Å²) in [6.45, 7) is 4.02. The van der Waals surface area contributed by atoms with Gasteiger partial charge in [-0.15, -0.1) is 0 Å². The van der Waals surface area contributed by atoms with Crippen LogP contribution in [-0.2, 0) is 6.42 Å². The van der Waals surface area contributed by atoms with Gasteiger partial charge in [-0.2, -0.15) is 0 Å². The Morgan fingerprint density at radius 2 is 2.00 bits per heavy atom. The number of hydrogen-bond acceptors (Lipinski definition) is 4. The Bertz CT molecular complexity index is 508. The third-order valence-corrected chi connectivity index (χ3v) is 2.93. The van der Waals surface area contributed by atoms with Gasteiger partial charge in [0.05, 0.1) is 6.20 Å². The Morgan fingerprint density at radius 1 is 1.16 bits per heavy atom. The first-order chi connectivity index (χ1) is 9.17. The maximum Gasteiger partial charge on any atom is 0.219 e. The van der Waals surface area contributed by atoms with Gasteiger partial charge in [0.2, 0.25) is 5.88 Å². The predicted octanol–water partition coefficient (Wildman–Crippen LogP) is 2.86. The number of aromatic nitrogens is 2. The zero-order valence-electron chi connectivity index (χ0n) is 11.3. The lowest BCUT2D eigenvalue weighted by atomic mass is 10.1. The topological polar surface area (TPSA) is 61.0 Å². The minimum Gasteiger partial charge on any atom is -0.437 e. The van der Waals surface area contributed by atoms with Crippen LogP contribution in [0.25, 0.3) is 0 Å². The normalized spacial score (nSPS) is 12.2. The van der Waals surface area contributed by atoms with Crippen molar-refractivity contribution in [2.75, 3.05) is 0 Å². The second-order valence-electron chi connectivity index (χ2n) is 4.61. The maximum atomic E-state index is 5.91. The summed E-state index contributed by atoms with van der Waals surface area (Å²) < 4.78 is 5.61. The average molecular weight is 257 g/mol. The van der Waals surface area contributed by atoms with Gasteiger partial charge in [0, 0.05) is 24.0 Å². The Hall–Kier alpha value is -1.94. The van der Waals surface area contributed by atoms with Crippen molar-refractivity contribution in [3.05, 3.63) is 47.9 Å². The Balaban J connectivity index is 2.00. The molecule has 0 spiro atoms. The molecule has 0 amide bonds. The van der Waals surface area contributed by atoms with Gasteiger partial charge in [-0.05, 0) is 37.5 Å². The van der Waals surface area contributed by atoms with Crippen LogP contribution in [0.3, 0.4) is 0 Å². The van der Waals surface area contributed by atoms with Crippen LogP contribution in [0.4, 0.5) is 0 Å². The highest BCUT2D eigenvalue weighted by Crippen LogP contribution is 2.18. The smallest absolute Gasteiger partial charge is 0.219 e. The molecule has 1 atom stereocenters. The molecule has 0 bridgehead atoms. The van der Waals surface area contributed by atoms with E-state index in [4.69, 9.17) is 10.5 Å². The number of nitrogens with two attached hydrogens (primary N) is 1. The molecule has 19 heavy (non-hydrogen) atoms. The Kier molecular flexibility index (Phi) is 4.47. The van der Waals surface area contributed by atoms with E-state index < -0.39 is 0 Å². The van der Waals surface area contributed by atoms with Crippen molar-refractivity contribution >= 4 is 0 Å². The monoisotopic (exact) mass is 257 g/mol. The summed E-state index contributed by atoms with van der Waals surface area (Å²) in [5.74, 6) is 1.26. The van der Waals surface area contributed by atoms with E-state index in [-0.39, 0.29) is 6.04 Å². The summed E-state index contributed by atoms with van der Waals surface area (Å²) in [7, 11) is 0. The summed E-state index contributed by atoms with van der Waals surface area (Å²) in [5.41, 5.74) is 8.00. The van der Waals surface area contributed by atoms with Crippen LogP contribution in [0, 0.1) is 6.92 Å². The molecule has 2 heterocycles. The fraction of sp³-hybridized carbons (Fsp3) is 0.333. The molecule has 0 saturated heterocycles. The van der Waals surface area contributed by atoms with E-state index in [0.717, 1.165) is 24.1 Å². The van der Waals surface area contributed by atoms with Gasteiger partial charge in [-0.3, -0.25) is 4.98 Å². The summed E-state index contributed by atoms with van der Waals surface area (Å²) >= 11 is 0. The molecule has 0 aliphatic rings. The Labute approximate surface area is 113 Å². The summed E-state index contributed by atoms with van der Waals surface area (Å²) in [4.78, 5) is 8.45. The number of rotatable bonds is 5. The molecule has 0 fully saturated rings. The fourth-order valence-corrected chi connectivity index (χ4v) is 1.67. The second-order valence-corrected chi connectivity index (χ2v) is 4.61. The molecule has 0 radical (unpaired) electrons. The van der Waals surface area contributed by atoms with Crippen molar-refractivity contribution in [2.24, 2.45) is 5.73 Å². The summed E-state index contributed by atoms with van der Waals surface area (Å²) in [6, 6.07) is 7.83. The largest absolute Gasteiger partial charge is 0.437 e. The van der Waals surface area contributed by atoms with E-state index in [9.17, 15) is 0 Å². The van der Waals surface area contributed by atoms with Crippen LogP contribution >= 0.6 is 0 Å². The first kappa shape index (κ1) is 13.5. The van der Waals surface area contributed by atoms with E-state index in [1.165, 1.54) is 0 Å². The highest BCUT2D eigenvalue weighted by atomic mass is 16.5. The molecule has 4 nitrogen and oxygen atoms in total. The molecule has 1 unspecified atom stereocenters. The highest BCUT2D eigenvalue weighted by molar-refractivity contribution is 5.26. The fourth-order valence-electron chi connectivity index (χ4n) is 1.67. The number of aryl methyl sites for hydroxylation is 1. The molecule has 0 aliphatic heterocycles. The van der Waals surface area contributed by atoms with Gasteiger partial charge in [0.15, 0.2) is 0 Å². The zero-order valence-corrected chi connectivity index (χ0v) is 11.3. The molecule has 2 aromatic heterocycles. The van der Waals surface area contributed by atoms with Crippen molar-refractivity contribution in [3.63, 3.8) is 0 Å². The van der Waals surface area contributed by atoms with Crippen LogP contribution < -0.4 is 10.5 Å². The van der Waals surface area contributed by atoms with Gasteiger partial charge in [0.1, 0.15) is 5.75 Å². The molecule has 4 heteroatoms. The first-order valence-corrected chi connectivity index (χ1v) is 6.48. The number of pyridine rings is 2.